The van der Waals surface area contributed by atoms with Crippen molar-refractivity contribution in [2.45, 2.75) is 38.0 Å². The molecule has 0 amide bonds. The lowest BCUT2D eigenvalue weighted by Crippen LogP contribution is -2.14. The van der Waals surface area contributed by atoms with Gasteiger partial charge in [0.05, 0.1) is 19.3 Å². The van der Waals surface area contributed by atoms with E-state index >= 15 is 0 Å². The second kappa shape index (κ2) is 7.87. The molecule has 3 aromatic rings. The van der Waals surface area contributed by atoms with Crippen LogP contribution >= 0.6 is 0 Å². The van der Waals surface area contributed by atoms with Crippen molar-refractivity contribution in [1.29, 1.82) is 0 Å². The van der Waals surface area contributed by atoms with Gasteiger partial charge >= 0.3 is 5.97 Å². The summed E-state index contributed by atoms with van der Waals surface area (Å²) in [5.41, 5.74) is 4.25. The molecular weight excluding hydrogens is 338 g/mol. The molecule has 0 saturated heterocycles. The van der Waals surface area contributed by atoms with Gasteiger partial charge in [0, 0.05) is 17.1 Å². The number of H-pyrrole nitrogens is 1. The van der Waals surface area contributed by atoms with Crippen LogP contribution in [-0.4, -0.2) is 24.7 Å². The normalized spacial score (nSPS) is 16.0. The minimum Gasteiger partial charge on any atom is -0.493 e. The molecule has 4 rings (SSSR count). The van der Waals surface area contributed by atoms with Gasteiger partial charge in [0.2, 0.25) is 0 Å². The number of carbonyl (C=O) groups excluding carboxylic acids is 1. The zero-order valence-electron chi connectivity index (χ0n) is 15.6. The Morgan fingerprint density at radius 3 is 3.15 bits per heavy atom. The van der Waals surface area contributed by atoms with E-state index in [1.54, 1.807) is 6.07 Å². The number of ether oxygens (including phenoxy) is 2. The van der Waals surface area contributed by atoms with Crippen molar-refractivity contribution in [3.05, 3.63) is 65.4 Å². The summed E-state index contributed by atoms with van der Waals surface area (Å²) in [6.45, 7) is 0.800. The zero-order chi connectivity index (χ0) is 18.6. The topological polar surface area (TPSA) is 51.3 Å². The van der Waals surface area contributed by atoms with Crippen LogP contribution in [0.3, 0.4) is 0 Å². The summed E-state index contributed by atoms with van der Waals surface area (Å²) < 4.78 is 10.6. The molecule has 1 atom stereocenters. The van der Waals surface area contributed by atoms with Crippen molar-refractivity contribution in [1.82, 2.24) is 4.98 Å². The van der Waals surface area contributed by atoms with Gasteiger partial charge in [-0.2, -0.15) is 0 Å². The fraction of sp³-hybridized carbons (Fsp3) is 0.348. The SMILES string of the molecule is COC(=O)c1ccc2[nH]cc(CCCCC3CCOc4c[c]ccc43)c2c1. The van der Waals surface area contributed by atoms with Crippen molar-refractivity contribution in [3.8, 4) is 5.75 Å². The number of aromatic nitrogens is 1. The van der Waals surface area contributed by atoms with Gasteiger partial charge < -0.3 is 14.5 Å². The van der Waals surface area contributed by atoms with Gasteiger partial charge in [0.25, 0.3) is 0 Å². The third-order valence-corrected chi connectivity index (χ3v) is 5.46. The first-order chi connectivity index (χ1) is 13.3. The highest BCUT2D eigenvalue weighted by Crippen LogP contribution is 2.36. The predicted molar refractivity (Wildman–Crippen MR) is 105 cm³/mol. The third kappa shape index (κ3) is 3.70. The molecule has 1 aromatic heterocycles. The average molecular weight is 362 g/mol. The quantitative estimate of drug-likeness (QED) is 0.494. The smallest absolute Gasteiger partial charge is 0.337 e. The van der Waals surface area contributed by atoms with Crippen molar-refractivity contribution in [2.24, 2.45) is 0 Å². The fourth-order valence-corrected chi connectivity index (χ4v) is 3.99. The Balaban J connectivity index is 1.38. The molecule has 1 unspecified atom stereocenters. The Labute approximate surface area is 159 Å². The molecule has 27 heavy (non-hydrogen) atoms. The maximum atomic E-state index is 11.8. The Kier molecular flexibility index (Phi) is 5.14. The standard InChI is InChI=1S/C23H24NO3/c1-26-23(25)17-10-11-21-20(14-17)18(15-24-21)7-3-2-6-16-12-13-27-22-9-5-4-8-19(16)22/h4,8-11,14-16,24H,2-3,6-7,12-13H2,1H3. The van der Waals surface area contributed by atoms with E-state index in [1.807, 2.05) is 24.3 Å². The number of hydrogen-bond donors (Lipinski definition) is 1. The summed E-state index contributed by atoms with van der Waals surface area (Å²) in [5, 5.41) is 1.12. The molecule has 2 heterocycles. The maximum Gasteiger partial charge on any atom is 0.337 e. The molecule has 1 N–H and O–H groups in total. The van der Waals surface area contributed by atoms with E-state index in [4.69, 9.17) is 9.47 Å². The number of aryl methyl sites for hydroxylation is 1. The monoisotopic (exact) mass is 362 g/mol. The van der Waals surface area contributed by atoms with E-state index < -0.39 is 0 Å². The molecule has 1 aliphatic rings. The van der Waals surface area contributed by atoms with Crippen molar-refractivity contribution in [3.63, 3.8) is 0 Å². The van der Waals surface area contributed by atoms with Crippen LogP contribution in [0.2, 0.25) is 0 Å². The second-order valence-corrected chi connectivity index (χ2v) is 7.11. The molecule has 0 spiro atoms. The van der Waals surface area contributed by atoms with Gasteiger partial charge in [0.1, 0.15) is 5.75 Å². The van der Waals surface area contributed by atoms with Crippen LogP contribution in [-0.2, 0) is 11.2 Å². The Morgan fingerprint density at radius 1 is 1.33 bits per heavy atom. The minimum absolute atomic E-state index is 0.292. The average Bonchev–Trinajstić information content (AvgIpc) is 3.13. The van der Waals surface area contributed by atoms with E-state index in [9.17, 15) is 4.79 Å². The van der Waals surface area contributed by atoms with Gasteiger partial charge in [-0.3, -0.25) is 0 Å². The molecule has 0 bridgehead atoms. The highest BCUT2D eigenvalue weighted by Gasteiger charge is 2.20. The number of fused-ring (bicyclic) bond motifs is 2. The van der Waals surface area contributed by atoms with E-state index in [0.717, 1.165) is 42.5 Å². The summed E-state index contributed by atoms with van der Waals surface area (Å²) in [4.78, 5) is 15.1. The van der Waals surface area contributed by atoms with E-state index in [2.05, 4.69) is 23.3 Å². The molecular formula is C23H24NO3. The molecule has 1 radical (unpaired) electrons. The number of carbonyl (C=O) groups is 1. The lowest BCUT2D eigenvalue weighted by atomic mass is 9.88. The summed E-state index contributed by atoms with van der Waals surface area (Å²) in [6.07, 6.45) is 7.63. The minimum atomic E-state index is -0.292. The van der Waals surface area contributed by atoms with Gasteiger partial charge in [-0.05, 0) is 73.1 Å². The first kappa shape index (κ1) is 17.7. The van der Waals surface area contributed by atoms with Crippen LogP contribution in [0.5, 0.6) is 5.75 Å². The molecule has 0 saturated carbocycles. The highest BCUT2D eigenvalue weighted by atomic mass is 16.5. The molecule has 2 aromatic carbocycles. The number of esters is 1. The number of nitrogens with one attached hydrogen (secondary N) is 1. The molecule has 4 nitrogen and oxygen atoms in total. The zero-order valence-corrected chi connectivity index (χ0v) is 15.6. The molecule has 4 heteroatoms. The highest BCUT2D eigenvalue weighted by molar-refractivity contribution is 5.95. The van der Waals surface area contributed by atoms with Gasteiger partial charge in [-0.15, -0.1) is 0 Å². The number of methoxy groups -OCH3 is 1. The van der Waals surface area contributed by atoms with Crippen LogP contribution in [0.25, 0.3) is 10.9 Å². The number of benzene rings is 2. The Bertz CT molecular complexity index is 944. The second-order valence-electron chi connectivity index (χ2n) is 7.11. The van der Waals surface area contributed by atoms with Crippen molar-refractivity contribution >= 4 is 16.9 Å². The summed E-state index contributed by atoms with van der Waals surface area (Å²) in [6, 6.07) is 14.8. The van der Waals surface area contributed by atoms with Crippen LogP contribution < -0.4 is 4.74 Å². The summed E-state index contributed by atoms with van der Waals surface area (Å²) >= 11 is 0. The number of unbranched alkanes of at least 4 members (excludes halogenated alkanes) is 1. The number of hydrogen-bond acceptors (Lipinski definition) is 3. The third-order valence-electron chi connectivity index (χ3n) is 5.46. The van der Waals surface area contributed by atoms with E-state index in [-0.39, 0.29) is 5.97 Å². The van der Waals surface area contributed by atoms with Gasteiger partial charge in [-0.25, -0.2) is 4.79 Å². The Morgan fingerprint density at radius 2 is 2.26 bits per heavy atom. The van der Waals surface area contributed by atoms with Crippen LogP contribution in [0.1, 0.15) is 53.1 Å². The fourth-order valence-electron chi connectivity index (χ4n) is 3.99. The van der Waals surface area contributed by atoms with E-state index in [0.29, 0.717) is 11.5 Å². The predicted octanol–water partition coefficient (Wildman–Crippen LogP) is 5.03. The molecule has 139 valence electrons. The van der Waals surface area contributed by atoms with Gasteiger partial charge in [-0.1, -0.05) is 18.6 Å². The lowest BCUT2D eigenvalue weighted by molar-refractivity contribution is 0.0601. The summed E-state index contributed by atoms with van der Waals surface area (Å²) in [5.74, 6) is 1.29. The first-order valence-corrected chi connectivity index (χ1v) is 9.57. The van der Waals surface area contributed by atoms with Crippen molar-refractivity contribution < 1.29 is 14.3 Å². The molecule has 0 fully saturated rings. The van der Waals surface area contributed by atoms with Crippen LogP contribution in [0.4, 0.5) is 0 Å². The van der Waals surface area contributed by atoms with Crippen LogP contribution in [0.15, 0.2) is 42.6 Å². The lowest BCUT2D eigenvalue weighted by Gasteiger charge is -2.25. The van der Waals surface area contributed by atoms with Crippen LogP contribution in [0, 0.1) is 6.07 Å². The Hall–Kier alpha value is -2.75. The number of aromatic amines is 1. The van der Waals surface area contributed by atoms with Gasteiger partial charge in [0.15, 0.2) is 0 Å². The molecule has 1 aliphatic heterocycles. The molecule has 0 aliphatic carbocycles. The first-order valence-electron chi connectivity index (χ1n) is 9.57. The maximum absolute atomic E-state index is 11.8. The summed E-state index contributed by atoms with van der Waals surface area (Å²) in [7, 11) is 1.41. The largest absolute Gasteiger partial charge is 0.493 e. The van der Waals surface area contributed by atoms with Crippen molar-refractivity contribution in [2.75, 3.05) is 13.7 Å². The van der Waals surface area contributed by atoms with E-state index in [1.165, 1.54) is 31.1 Å². The number of rotatable bonds is 6.